The van der Waals surface area contributed by atoms with E-state index in [4.69, 9.17) is 9.47 Å². The molecule has 0 N–H and O–H groups in total. The van der Waals surface area contributed by atoms with E-state index in [1.54, 1.807) is 0 Å². The fourth-order valence-electron chi connectivity index (χ4n) is 3.82. The van der Waals surface area contributed by atoms with Crippen LogP contribution in [0.15, 0.2) is 30.3 Å². The van der Waals surface area contributed by atoms with Gasteiger partial charge in [-0.15, -0.1) is 0 Å². The molecule has 0 radical (unpaired) electrons. The van der Waals surface area contributed by atoms with E-state index in [0.717, 1.165) is 51.0 Å². The second-order valence-electron chi connectivity index (χ2n) is 7.47. The van der Waals surface area contributed by atoms with Crippen molar-refractivity contribution in [3.8, 4) is 0 Å². The number of hydrogen-bond donors (Lipinski definition) is 0. The highest BCUT2D eigenvalue weighted by molar-refractivity contribution is 5.79. The minimum absolute atomic E-state index is 0.0290. The van der Waals surface area contributed by atoms with Gasteiger partial charge in [-0.1, -0.05) is 30.3 Å². The number of benzene rings is 1. The smallest absolute Gasteiger partial charge is 0.227 e. The molecule has 2 saturated heterocycles. The quantitative estimate of drug-likeness (QED) is 0.807. The Morgan fingerprint density at radius 1 is 1.30 bits per heavy atom. The lowest BCUT2D eigenvalue weighted by Gasteiger charge is -2.27. The Labute approximate surface area is 137 Å². The van der Waals surface area contributed by atoms with Crippen LogP contribution in [0.4, 0.5) is 0 Å². The van der Waals surface area contributed by atoms with Crippen LogP contribution in [0.2, 0.25) is 0 Å². The van der Waals surface area contributed by atoms with Crippen molar-refractivity contribution in [3.63, 3.8) is 0 Å². The lowest BCUT2D eigenvalue weighted by atomic mass is 9.82. The molecular weight excluding hydrogens is 290 g/mol. The third kappa shape index (κ3) is 3.29. The summed E-state index contributed by atoms with van der Waals surface area (Å²) >= 11 is 0. The normalized spacial score (nSPS) is 29.7. The minimum Gasteiger partial charge on any atom is -0.380 e. The molecule has 0 unspecified atom stereocenters. The molecule has 1 saturated carbocycles. The highest BCUT2D eigenvalue weighted by atomic mass is 16.5. The van der Waals surface area contributed by atoms with Crippen LogP contribution >= 0.6 is 0 Å². The maximum absolute atomic E-state index is 12.6. The molecule has 23 heavy (non-hydrogen) atoms. The second-order valence-corrected chi connectivity index (χ2v) is 7.47. The van der Waals surface area contributed by atoms with Crippen molar-refractivity contribution in [1.82, 2.24) is 4.90 Å². The van der Waals surface area contributed by atoms with Gasteiger partial charge in [-0.05, 0) is 24.3 Å². The Morgan fingerprint density at radius 2 is 2.13 bits per heavy atom. The topological polar surface area (TPSA) is 38.8 Å². The number of carbonyl (C=O) groups is 1. The maximum atomic E-state index is 12.6. The van der Waals surface area contributed by atoms with Gasteiger partial charge in [0.15, 0.2) is 0 Å². The molecule has 4 rings (SSSR count). The summed E-state index contributed by atoms with van der Waals surface area (Å²) in [6.07, 6.45) is 3.12. The van der Waals surface area contributed by atoms with E-state index >= 15 is 0 Å². The van der Waals surface area contributed by atoms with Gasteiger partial charge in [0.2, 0.25) is 5.91 Å². The summed E-state index contributed by atoms with van der Waals surface area (Å²) in [4.78, 5) is 14.7. The average Bonchev–Trinajstić information content (AvgIpc) is 3.17. The van der Waals surface area contributed by atoms with Gasteiger partial charge in [-0.25, -0.2) is 0 Å². The van der Waals surface area contributed by atoms with Crippen molar-refractivity contribution in [2.45, 2.75) is 19.3 Å². The lowest BCUT2D eigenvalue weighted by molar-refractivity contribution is -0.130. The summed E-state index contributed by atoms with van der Waals surface area (Å²) in [5, 5.41) is 0. The van der Waals surface area contributed by atoms with E-state index in [1.807, 2.05) is 35.2 Å². The van der Waals surface area contributed by atoms with Crippen LogP contribution in [0, 0.1) is 17.3 Å². The Bertz CT molecular complexity index is 557. The van der Waals surface area contributed by atoms with Crippen LogP contribution in [0.25, 0.3) is 0 Å². The van der Waals surface area contributed by atoms with Gasteiger partial charge in [0.25, 0.3) is 0 Å². The molecule has 3 aliphatic rings. The molecule has 1 aliphatic carbocycles. The minimum atomic E-state index is 0.0290. The first kappa shape index (κ1) is 15.2. The largest absolute Gasteiger partial charge is 0.380 e. The Hall–Kier alpha value is -1.39. The number of likely N-dealkylation sites (tertiary alicyclic amines) is 1. The van der Waals surface area contributed by atoms with Gasteiger partial charge >= 0.3 is 0 Å². The first-order valence-electron chi connectivity index (χ1n) is 8.72. The highest BCUT2D eigenvalue weighted by Gasteiger charge is 2.52. The first-order chi connectivity index (χ1) is 11.3. The summed E-state index contributed by atoms with van der Waals surface area (Å²) < 4.78 is 11.7. The van der Waals surface area contributed by atoms with Crippen molar-refractivity contribution in [3.05, 3.63) is 35.9 Å². The number of rotatable bonds is 6. The molecule has 4 heteroatoms. The van der Waals surface area contributed by atoms with E-state index in [-0.39, 0.29) is 11.3 Å². The first-order valence-corrected chi connectivity index (χ1v) is 8.72. The van der Waals surface area contributed by atoms with Gasteiger partial charge in [-0.3, -0.25) is 4.79 Å². The van der Waals surface area contributed by atoms with Gasteiger partial charge in [0.1, 0.15) is 0 Å². The van der Waals surface area contributed by atoms with Crippen molar-refractivity contribution < 1.29 is 14.3 Å². The zero-order valence-corrected chi connectivity index (χ0v) is 13.6. The summed E-state index contributed by atoms with van der Waals surface area (Å²) in [6.45, 7) is 4.72. The molecule has 0 bridgehead atoms. The van der Waals surface area contributed by atoms with Crippen LogP contribution in [0.1, 0.15) is 18.4 Å². The number of fused-ring (bicyclic) bond motifs is 1. The van der Waals surface area contributed by atoms with Crippen molar-refractivity contribution in [2.24, 2.45) is 17.3 Å². The van der Waals surface area contributed by atoms with E-state index in [9.17, 15) is 4.79 Å². The molecule has 0 spiro atoms. The van der Waals surface area contributed by atoms with Crippen molar-refractivity contribution in [2.75, 3.05) is 39.5 Å². The zero-order chi connectivity index (χ0) is 15.7. The molecule has 4 nitrogen and oxygen atoms in total. The zero-order valence-electron chi connectivity index (χ0n) is 13.6. The molecule has 124 valence electrons. The molecule has 1 aromatic rings. The van der Waals surface area contributed by atoms with Gasteiger partial charge < -0.3 is 14.4 Å². The maximum Gasteiger partial charge on any atom is 0.227 e. The van der Waals surface area contributed by atoms with Crippen LogP contribution in [-0.4, -0.2) is 50.3 Å². The van der Waals surface area contributed by atoms with Crippen molar-refractivity contribution >= 4 is 5.91 Å². The summed E-state index contributed by atoms with van der Waals surface area (Å²) in [7, 11) is 0. The third-order valence-corrected chi connectivity index (χ3v) is 5.51. The molecule has 2 atom stereocenters. The lowest BCUT2D eigenvalue weighted by Crippen LogP contribution is -2.38. The molecule has 0 aromatic heterocycles. The fraction of sp³-hybridized carbons (Fsp3) is 0.632. The fourth-order valence-corrected chi connectivity index (χ4v) is 3.82. The summed E-state index contributed by atoms with van der Waals surface area (Å²) in [5.41, 5.74) is 1.12. The average molecular weight is 315 g/mol. The standard InChI is InChI=1S/C19H25NO3/c21-18(8-15-4-2-1-3-5-15)20-9-17-11-23-14-19(17,12-20)13-22-10-16-6-7-16/h1-5,16-17H,6-14H2/t17-,19-/m1/s1. The predicted octanol–water partition coefficient (Wildman–Crippen LogP) is 2.13. The Kier molecular flexibility index (Phi) is 4.12. The van der Waals surface area contributed by atoms with Crippen LogP contribution < -0.4 is 0 Å². The Morgan fingerprint density at radius 3 is 2.91 bits per heavy atom. The van der Waals surface area contributed by atoms with E-state index in [2.05, 4.69) is 0 Å². The van der Waals surface area contributed by atoms with Crippen LogP contribution in [0.3, 0.4) is 0 Å². The number of amides is 1. The van der Waals surface area contributed by atoms with Gasteiger partial charge in [0.05, 0.1) is 26.2 Å². The predicted molar refractivity (Wildman–Crippen MR) is 87.0 cm³/mol. The van der Waals surface area contributed by atoms with Gasteiger partial charge in [0, 0.05) is 31.0 Å². The second kappa shape index (κ2) is 6.25. The van der Waals surface area contributed by atoms with Crippen LogP contribution in [0.5, 0.6) is 0 Å². The number of nitrogens with zero attached hydrogens (tertiary/aromatic N) is 1. The molecule has 1 aromatic carbocycles. The molecule has 3 fully saturated rings. The summed E-state index contributed by atoms with van der Waals surface area (Å²) in [6, 6.07) is 10.0. The van der Waals surface area contributed by atoms with E-state index in [0.29, 0.717) is 12.3 Å². The molecule has 2 heterocycles. The number of ether oxygens (including phenoxy) is 2. The summed E-state index contributed by atoms with van der Waals surface area (Å²) in [5.74, 6) is 1.44. The third-order valence-electron chi connectivity index (χ3n) is 5.51. The number of hydrogen-bond acceptors (Lipinski definition) is 3. The Balaban J connectivity index is 1.36. The molecular formula is C19H25NO3. The highest BCUT2D eigenvalue weighted by Crippen LogP contribution is 2.42. The van der Waals surface area contributed by atoms with Crippen LogP contribution in [-0.2, 0) is 20.7 Å². The monoisotopic (exact) mass is 315 g/mol. The van der Waals surface area contributed by atoms with Gasteiger partial charge in [-0.2, -0.15) is 0 Å². The van der Waals surface area contributed by atoms with Crippen molar-refractivity contribution in [1.29, 1.82) is 0 Å². The SMILES string of the molecule is O=C(Cc1ccccc1)N1C[C@@H]2COC[C@]2(COCC2CC2)C1. The molecule has 2 aliphatic heterocycles. The number of carbonyl (C=O) groups excluding carboxylic acids is 1. The molecule has 1 amide bonds. The van der Waals surface area contributed by atoms with E-state index < -0.39 is 0 Å². The van der Waals surface area contributed by atoms with E-state index in [1.165, 1.54) is 12.8 Å².